The summed E-state index contributed by atoms with van der Waals surface area (Å²) in [6.07, 6.45) is 0. The van der Waals surface area contributed by atoms with Crippen molar-refractivity contribution in [1.82, 2.24) is 0 Å². The third-order valence-electron chi connectivity index (χ3n) is 0.621. The maximum absolute atomic E-state index is 11.4. The number of alkyl halides is 6. The van der Waals surface area contributed by atoms with Gasteiger partial charge in [0.1, 0.15) is 0 Å². The summed E-state index contributed by atoms with van der Waals surface area (Å²) >= 11 is 0. The molecule has 0 spiro atoms. The van der Waals surface area contributed by atoms with Gasteiger partial charge in [-0.05, 0) is 0 Å². The lowest BCUT2D eigenvalue weighted by molar-refractivity contribution is -0.426. The Morgan fingerprint density at radius 2 is 0.812 bits per heavy atom. The lowest BCUT2D eigenvalue weighted by Gasteiger charge is -2.10. The molecule has 0 rings (SSSR count). The van der Waals surface area contributed by atoms with E-state index in [2.05, 4.69) is 29.1 Å². The average Bonchev–Trinajstić information content (AvgIpc) is 2.15. The molecule has 0 aliphatic rings. The largest absolute Gasteiger partial charge is 0.725 e. The van der Waals surface area contributed by atoms with E-state index >= 15 is 0 Å². The Morgan fingerprint density at radius 1 is 0.562 bits per heavy atom. The molecule has 96 valence electrons. The van der Waals surface area contributed by atoms with E-state index in [1.165, 1.54) is 0 Å². The van der Waals surface area contributed by atoms with E-state index in [0.717, 1.165) is 0 Å². The highest BCUT2D eigenvalue weighted by Crippen LogP contribution is 2.06. The van der Waals surface area contributed by atoms with Crippen LogP contribution in [-0.2, 0) is 29.1 Å². The molecule has 0 bridgehead atoms. The van der Waals surface area contributed by atoms with Gasteiger partial charge in [-0.3, -0.25) is 0 Å². The zero-order chi connectivity index (χ0) is 12.6. The zero-order valence-corrected chi connectivity index (χ0v) is 7.03. The SMILES string of the molecule is FC(F)OOB(OOC(F)F)OOC(F)F. The van der Waals surface area contributed by atoms with Crippen molar-refractivity contribution in [3.63, 3.8) is 0 Å². The van der Waals surface area contributed by atoms with E-state index in [4.69, 9.17) is 0 Å². The summed E-state index contributed by atoms with van der Waals surface area (Å²) in [6, 6.07) is 0. The van der Waals surface area contributed by atoms with Crippen molar-refractivity contribution < 1.29 is 55.4 Å². The van der Waals surface area contributed by atoms with Crippen LogP contribution >= 0.6 is 0 Å². The van der Waals surface area contributed by atoms with Crippen molar-refractivity contribution in [2.75, 3.05) is 0 Å². The maximum Gasteiger partial charge on any atom is 0.725 e. The number of hydrogen-bond donors (Lipinski definition) is 0. The Bertz CT molecular complexity index is 144. The Kier molecular flexibility index (Phi) is 8.23. The molecule has 0 N–H and O–H groups in total. The van der Waals surface area contributed by atoms with Crippen LogP contribution in [0.25, 0.3) is 0 Å². The van der Waals surface area contributed by atoms with E-state index in [-0.39, 0.29) is 0 Å². The van der Waals surface area contributed by atoms with Gasteiger partial charge in [0.15, 0.2) is 0 Å². The van der Waals surface area contributed by atoms with Gasteiger partial charge in [-0.25, -0.2) is 14.4 Å². The predicted octanol–water partition coefficient (Wildman–Crippen LogP) is 1.48. The fourth-order valence-electron chi connectivity index (χ4n) is 0.310. The summed E-state index contributed by atoms with van der Waals surface area (Å²) in [5, 5.41) is 0. The number of halogens is 6. The van der Waals surface area contributed by atoms with Crippen LogP contribution in [0.1, 0.15) is 0 Å². The Morgan fingerprint density at radius 3 is 1.00 bits per heavy atom. The van der Waals surface area contributed by atoms with Crippen molar-refractivity contribution in [3.05, 3.63) is 0 Å². The van der Waals surface area contributed by atoms with Crippen molar-refractivity contribution in [2.45, 2.75) is 19.8 Å². The second kappa shape index (κ2) is 8.54. The maximum atomic E-state index is 11.4. The standard InChI is InChI=1S/C3H3BF6O6/c5-1(6)11-14-4(15-12-2(7)8)16-13-3(9)10/h1-3H. The molecule has 0 unspecified atom stereocenters. The first kappa shape index (κ1) is 15.4. The minimum Gasteiger partial charge on any atom is -0.224 e. The third-order valence-corrected chi connectivity index (χ3v) is 0.621. The normalized spacial score (nSPS) is 11.8. The molecule has 0 saturated carbocycles. The highest BCUT2D eigenvalue weighted by molar-refractivity contribution is 6.35. The second-order valence-electron chi connectivity index (χ2n) is 1.65. The minimum absolute atomic E-state index is 2.61. The molecule has 16 heavy (non-hydrogen) atoms. The molecule has 0 atom stereocenters. The summed E-state index contributed by atoms with van der Waals surface area (Å²) in [4.78, 5) is 19.3. The van der Waals surface area contributed by atoms with Crippen molar-refractivity contribution >= 4 is 7.32 Å². The highest BCUT2D eigenvalue weighted by Gasteiger charge is 2.31. The van der Waals surface area contributed by atoms with Crippen LogP contribution in [0, 0.1) is 0 Å². The molecule has 0 aliphatic carbocycles. The Hall–Kier alpha value is -0.595. The summed E-state index contributed by atoms with van der Waals surface area (Å²) < 4.78 is 68.1. The first-order chi connectivity index (χ1) is 7.41. The quantitative estimate of drug-likeness (QED) is 0.271. The second-order valence-corrected chi connectivity index (χ2v) is 1.65. The van der Waals surface area contributed by atoms with Gasteiger partial charge in [-0.15, -0.1) is 0 Å². The summed E-state index contributed by atoms with van der Waals surface area (Å²) in [5.41, 5.74) is 0. The topological polar surface area (TPSA) is 55.4 Å². The molecule has 6 nitrogen and oxygen atoms in total. The van der Waals surface area contributed by atoms with Gasteiger partial charge in [-0.1, -0.05) is 0 Å². The molecule has 0 heterocycles. The van der Waals surface area contributed by atoms with Crippen LogP contribution in [0.15, 0.2) is 0 Å². The van der Waals surface area contributed by atoms with Gasteiger partial charge in [0.05, 0.1) is 0 Å². The molecule has 0 saturated heterocycles. The molecular formula is C3H3BF6O6. The van der Waals surface area contributed by atoms with Crippen LogP contribution in [0.2, 0.25) is 0 Å². The van der Waals surface area contributed by atoms with Crippen molar-refractivity contribution in [1.29, 1.82) is 0 Å². The minimum atomic E-state index is -3.49. The highest BCUT2D eigenvalue weighted by atomic mass is 19.3. The molecule has 0 aliphatic heterocycles. The van der Waals surface area contributed by atoms with Crippen molar-refractivity contribution in [2.24, 2.45) is 0 Å². The zero-order valence-electron chi connectivity index (χ0n) is 7.03. The van der Waals surface area contributed by atoms with Gasteiger partial charge in [0, 0.05) is 0 Å². The molecule has 0 radical (unpaired) electrons. The summed E-state index contributed by atoms with van der Waals surface area (Å²) in [5.74, 6) is 0. The van der Waals surface area contributed by atoms with Crippen molar-refractivity contribution in [3.8, 4) is 0 Å². The van der Waals surface area contributed by atoms with Crippen LogP contribution in [0.5, 0.6) is 0 Å². The first-order valence-corrected chi connectivity index (χ1v) is 3.22. The van der Waals surface area contributed by atoms with E-state index in [9.17, 15) is 26.3 Å². The lowest BCUT2D eigenvalue weighted by atomic mass is 10.3. The smallest absolute Gasteiger partial charge is 0.224 e. The molecule has 0 aromatic heterocycles. The van der Waals surface area contributed by atoms with Crippen LogP contribution in [-0.4, -0.2) is 27.2 Å². The van der Waals surface area contributed by atoms with E-state index in [1.54, 1.807) is 0 Å². The molecule has 0 fully saturated rings. The van der Waals surface area contributed by atoms with Crippen LogP contribution in [0.3, 0.4) is 0 Å². The van der Waals surface area contributed by atoms with E-state index in [1.807, 2.05) is 0 Å². The van der Waals surface area contributed by atoms with Crippen LogP contribution in [0.4, 0.5) is 26.3 Å². The first-order valence-electron chi connectivity index (χ1n) is 3.22. The fourth-order valence-corrected chi connectivity index (χ4v) is 0.310. The van der Waals surface area contributed by atoms with Gasteiger partial charge < -0.3 is 0 Å². The van der Waals surface area contributed by atoms with Gasteiger partial charge in [0.2, 0.25) is 0 Å². The fraction of sp³-hybridized carbons (Fsp3) is 1.00. The molecule has 0 aromatic carbocycles. The monoisotopic (exact) mass is 260 g/mol. The third kappa shape index (κ3) is 9.94. The van der Waals surface area contributed by atoms with E-state index in [0.29, 0.717) is 0 Å². The molecular weight excluding hydrogens is 257 g/mol. The van der Waals surface area contributed by atoms with E-state index < -0.39 is 27.2 Å². The average molecular weight is 260 g/mol. The lowest BCUT2D eigenvalue weighted by Crippen LogP contribution is -2.30. The molecule has 0 aromatic rings. The van der Waals surface area contributed by atoms with Crippen LogP contribution < -0.4 is 0 Å². The Labute approximate surface area is 83.9 Å². The number of rotatable bonds is 9. The predicted molar refractivity (Wildman–Crippen MR) is 30.3 cm³/mol. The summed E-state index contributed by atoms with van der Waals surface area (Å²) in [7, 11) is -2.61. The Balaban J connectivity index is 3.85. The molecule has 13 heteroatoms. The molecule has 0 amide bonds. The van der Waals surface area contributed by atoms with Gasteiger partial charge in [-0.2, -0.15) is 41.0 Å². The summed E-state index contributed by atoms with van der Waals surface area (Å²) in [6.45, 7) is -10.5. The van der Waals surface area contributed by atoms with Gasteiger partial charge >= 0.3 is 27.2 Å². The number of hydrogen-bond acceptors (Lipinski definition) is 6. The van der Waals surface area contributed by atoms with Gasteiger partial charge in [0.25, 0.3) is 0 Å².